The first-order valence-electron chi connectivity index (χ1n) is 7.03. The van der Waals surface area contributed by atoms with Crippen LogP contribution < -0.4 is 10.6 Å². The molecule has 2 aromatic heterocycles. The van der Waals surface area contributed by atoms with Crippen molar-refractivity contribution in [1.82, 2.24) is 25.6 Å². The standard InChI is InChI=1S/C15H15N5O2/c21-14(20-13-2-1-3-19-15(13)22)11-4-10(5-16-6-11)12-7-17-9-18-8-12/h4-9,13H,1-3H2,(H,19,22)(H,20,21). The molecule has 0 spiro atoms. The molecule has 1 atom stereocenters. The number of rotatable bonds is 3. The van der Waals surface area contributed by atoms with Gasteiger partial charge in [0.1, 0.15) is 12.4 Å². The van der Waals surface area contributed by atoms with Crippen LogP contribution in [0.1, 0.15) is 23.2 Å². The average molecular weight is 297 g/mol. The number of hydrogen-bond donors (Lipinski definition) is 2. The normalized spacial score (nSPS) is 17.6. The fraction of sp³-hybridized carbons (Fsp3) is 0.267. The average Bonchev–Trinajstić information content (AvgIpc) is 2.58. The Hall–Kier alpha value is -2.83. The van der Waals surface area contributed by atoms with Crippen LogP contribution in [0.3, 0.4) is 0 Å². The van der Waals surface area contributed by atoms with Crippen molar-refractivity contribution in [1.29, 1.82) is 0 Å². The van der Waals surface area contributed by atoms with Gasteiger partial charge in [0.25, 0.3) is 5.91 Å². The highest BCUT2D eigenvalue weighted by Crippen LogP contribution is 2.17. The zero-order chi connectivity index (χ0) is 15.4. The number of hydrogen-bond acceptors (Lipinski definition) is 5. The van der Waals surface area contributed by atoms with Gasteiger partial charge in [0.15, 0.2) is 0 Å². The van der Waals surface area contributed by atoms with E-state index in [4.69, 9.17) is 0 Å². The van der Waals surface area contributed by atoms with Gasteiger partial charge in [-0.1, -0.05) is 0 Å². The van der Waals surface area contributed by atoms with Crippen molar-refractivity contribution in [3.63, 3.8) is 0 Å². The predicted molar refractivity (Wildman–Crippen MR) is 78.8 cm³/mol. The minimum Gasteiger partial charge on any atom is -0.354 e. The summed E-state index contributed by atoms with van der Waals surface area (Å²) in [5.41, 5.74) is 1.93. The van der Waals surface area contributed by atoms with Crippen molar-refractivity contribution in [2.75, 3.05) is 6.54 Å². The van der Waals surface area contributed by atoms with E-state index in [1.54, 1.807) is 24.7 Å². The molecule has 112 valence electrons. The molecular formula is C15H15N5O2. The molecular weight excluding hydrogens is 282 g/mol. The maximum Gasteiger partial charge on any atom is 0.253 e. The fourth-order valence-electron chi connectivity index (χ4n) is 2.32. The summed E-state index contributed by atoms with van der Waals surface area (Å²) in [7, 11) is 0. The van der Waals surface area contributed by atoms with E-state index in [1.807, 2.05) is 0 Å². The van der Waals surface area contributed by atoms with Gasteiger partial charge in [-0.3, -0.25) is 14.6 Å². The van der Waals surface area contributed by atoms with Gasteiger partial charge < -0.3 is 10.6 Å². The number of carbonyl (C=O) groups is 2. The van der Waals surface area contributed by atoms with E-state index in [-0.39, 0.29) is 11.8 Å². The molecule has 1 aliphatic rings. The molecule has 0 aromatic carbocycles. The first kappa shape index (κ1) is 14.1. The van der Waals surface area contributed by atoms with Crippen LogP contribution in [0.15, 0.2) is 37.2 Å². The monoisotopic (exact) mass is 297 g/mol. The molecule has 2 amide bonds. The van der Waals surface area contributed by atoms with E-state index in [1.165, 1.54) is 12.5 Å². The van der Waals surface area contributed by atoms with E-state index in [9.17, 15) is 9.59 Å². The predicted octanol–water partition coefficient (Wildman–Crippen LogP) is 0.547. The van der Waals surface area contributed by atoms with Crippen molar-refractivity contribution in [2.24, 2.45) is 0 Å². The third-order valence-corrected chi connectivity index (χ3v) is 3.48. The molecule has 0 saturated carbocycles. The second-order valence-electron chi connectivity index (χ2n) is 5.05. The van der Waals surface area contributed by atoms with Gasteiger partial charge in [-0.15, -0.1) is 0 Å². The summed E-state index contributed by atoms with van der Waals surface area (Å²) in [6.45, 7) is 0.663. The van der Waals surface area contributed by atoms with Crippen LogP contribution in [0.2, 0.25) is 0 Å². The molecule has 2 N–H and O–H groups in total. The summed E-state index contributed by atoms with van der Waals surface area (Å²) in [5.74, 6) is -0.451. The van der Waals surface area contributed by atoms with Crippen LogP contribution in [-0.2, 0) is 4.79 Å². The zero-order valence-electron chi connectivity index (χ0n) is 11.8. The Morgan fingerprint density at radius 2 is 1.91 bits per heavy atom. The van der Waals surface area contributed by atoms with Crippen LogP contribution in [-0.4, -0.2) is 39.4 Å². The van der Waals surface area contributed by atoms with Gasteiger partial charge in [-0.2, -0.15) is 0 Å². The number of piperidine rings is 1. The molecule has 0 bridgehead atoms. The van der Waals surface area contributed by atoms with Crippen molar-refractivity contribution >= 4 is 11.8 Å². The van der Waals surface area contributed by atoms with E-state index in [0.29, 0.717) is 18.5 Å². The molecule has 1 aliphatic heterocycles. The van der Waals surface area contributed by atoms with Crippen LogP contribution in [0.4, 0.5) is 0 Å². The molecule has 3 heterocycles. The summed E-state index contributed by atoms with van der Waals surface area (Å²) in [4.78, 5) is 35.9. The summed E-state index contributed by atoms with van der Waals surface area (Å²) < 4.78 is 0. The van der Waals surface area contributed by atoms with E-state index < -0.39 is 6.04 Å². The van der Waals surface area contributed by atoms with Crippen molar-refractivity contribution in [3.8, 4) is 11.1 Å². The number of nitrogens with zero attached hydrogens (tertiary/aromatic N) is 3. The maximum atomic E-state index is 12.3. The van der Waals surface area contributed by atoms with Gasteiger partial charge in [-0.25, -0.2) is 9.97 Å². The highest BCUT2D eigenvalue weighted by atomic mass is 16.2. The lowest BCUT2D eigenvalue weighted by Crippen LogP contribution is -2.50. The summed E-state index contributed by atoms with van der Waals surface area (Å²) in [6.07, 6.45) is 9.37. The summed E-state index contributed by atoms with van der Waals surface area (Å²) in [5, 5.41) is 5.48. The Balaban J connectivity index is 1.77. The van der Waals surface area contributed by atoms with Gasteiger partial charge in [0, 0.05) is 42.5 Å². The van der Waals surface area contributed by atoms with Crippen molar-refractivity contribution < 1.29 is 9.59 Å². The van der Waals surface area contributed by atoms with Crippen molar-refractivity contribution in [2.45, 2.75) is 18.9 Å². The number of aromatic nitrogens is 3. The molecule has 1 fully saturated rings. The lowest BCUT2D eigenvalue weighted by Gasteiger charge is -2.22. The molecule has 1 unspecified atom stereocenters. The third-order valence-electron chi connectivity index (χ3n) is 3.48. The Bertz CT molecular complexity index is 689. The first-order valence-corrected chi connectivity index (χ1v) is 7.03. The van der Waals surface area contributed by atoms with E-state index in [2.05, 4.69) is 25.6 Å². The lowest BCUT2D eigenvalue weighted by molar-refractivity contribution is -0.124. The van der Waals surface area contributed by atoms with E-state index in [0.717, 1.165) is 17.5 Å². The minimum atomic E-state index is -0.482. The highest BCUT2D eigenvalue weighted by Gasteiger charge is 2.24. The second-order valence-corrected chi connectivity index (χ2v) is 5.05. The third kappa shape index (κ3) is 3.08. The Morgan fingerprint density at radius 1 is 1.14 bits per heavy atom. The van der Waals surface area contributed by atoms with Gasteiger partial charge in [0.2, 0.25) is 5.91 Å². The first-order chi connectivity index (χ1) is 10.7. The summed E-state index contributed by atoms with van der Waals surface area (Å²) in [6, 6.07) is 1.23. The molecule has 7 nitrogen and oxygen atoms in total. The van der Waals surface area contributed by atoms with Gasteiger partial charge >= 0.3 is 0 Å². The smallest absolute Gasteiger partial charge is 0.253 e. The number of carbonyl (C=O) groups excluding carboxylic acids is 2. The number of pyridine rings is 1. The molecule has 3 rings (SSSR count). The quantitative estimate of drug-likeness (QED) is 0.862. The number of nitrogens with one attached hydrogen (secondary N) is 2. The van der Waals surface area contributed by atoms with Crippen LogP contribution >= 0.6 is 0 Å². The fourth-order valence-corrected chi connectivity index (χ4v) is 2.32. The Kier molecular flexibility index (Phi) is 4.04. The van der Waals surface area contributed by atoms with Crippen LogP contribution in [0.5, 0.6) is 0 Å². The minimum absolute atomic E-state index is 0.139. The van der Waals surface area contributed by atoms with E-state index >= 15 is 0 Å². The lowest BCUT2D eigenvalue weighted by atomic mass is 10.1. The van der Waals surface area contributed by atoms with Crippen LogP contribution in [0.25, 0.3) is 11.1 Å². The largest absolute Gasteiger partial charge is 0.354 e. The van der Waals surface area contributed by atoms with Gasteiger partial charge in [0.05, 0.1) is 5.56 Å². The second kappa shape index (κ2) is 6.30. The zero-order valence-corrected chi connectivity index (χ0v) is 11.8. The van der Waals surface area contributed by atoms with Gasteiger partial charge in [-0.05, 0) is 18.9 Å². The Labute approximate surface area is 127 Å². The van der Waals surface area contributed by atoms with Crippen LogP contribution in [0, 0.1) is 0 Å². The molecule has 1 saturated heterocycles. The molecule has 0 aliphatic carbocycles. The SMILES string of the molecule is O=C(NC1CCCNC1=O)c1cncc(-c2cncnc2)c1. The highest BCUT2D eigenvalue weighted by molar-refractivity contribution is 5.98. The summed E-state index contributed by atoms with van der Waals surface area (Å²) >= 11 is 0. The van der Waals surface area contributed by atoms with Crippen molar-refractivity contribution in [3.05, 3.63) is 42.7 Å². The topological polar surface area (TPSA) is 96.9 Å². The number of amides is 2. The molecule has 22 heavy (non-hydrogen) atoms. The maximum absolute atomic E-state index is 12.3. The molecule has 7 heteroatoms. The Morgan fingerprint density at radius 3 is 2.68 bits per heavy atom. The molecule has 0 radical (unpaired) electrons. The molecule has 2 aromatic rings.